The van der Waals surface area contributed by atoms with Crippen molar-refractivity contribution in [1.82, 2.24) is 19.9 Å². The minimum absolute atomic E-state index is 0.274. The Morgan fingerprint density at radius 2 is 2.20 bits per heavy atom. The fraction of sp³-hybridized carbons (Fsp3) is 0.643. The second-order valence-corrected chi connectivity index (χ2v) is 5.69. The lowest BCUT2D eigenvalue weighted by Crippen LogP contribution is -2.07. The third-order valence-electron chi connectivity index (χ3n) is 3.74. The van der Waals surface area contributed by atoms with E-state index < -0.39 is 0 Å². The maximum absolute atomic E-state index is 5.15. The summed E-state index contributed by atoms with van der Waals surface area (Å²) < 4.78 is 7.24. The van der Waals surface area contributed by atoms with Crippen LogP contribution in [0.1, 0.15) is 63.0 Å². The van der Waals surface area contributed by atoms with Gasteiger partial charge >= 0.3 is 6.01 Å². The van der Waals surface area contributed by atoms with E-state index in [0.29, 0.717) is 18.6 Å². The molecule has 1 saturated carbocycles. The monoisotopic (exact) mass is 275 g/mol. The Hall–Kier alpha value is -1.85. The van der Waals surface area contributed by atoms with E-state index in [9.17, 15) is 0 Å². The Labute approximate surface area is 118 Å². The second kappa shape index (κ2) is 5.64. The summed E-state index contributed by atoms with van der Waals surface area (Å²) in [5.41, 5.74) is 1.00. The van der Waals surface area contributed by atoms with Gasteiger partial charge in [0.2, 0.25) is 0 Å². The first-order valence-electron chi connectivity index (χ1n) is 7.34. The molecule has 0 saturated heterocycles. The standard InChI is InChI=1S/C14H21N5O/c1-10(2)13-16-14(20-18-13)15-9-11-7-8-19(17-11)12-5-3-4-6-12/h7-8,10,12H,3-6,9H2,1-2H3,(H,15,16,18). The van der Waals surface area contributed by atoms with Crippen LogP contribution in [0.5, 0.6) is 0 Å². The molecule has 3 rings (SSSR count). The third kappa shape index (κ3) is 2.84. The van der Waals surface area contributed by atoms with E-state index in [1.165, 1.54) is 25.7 Å². The van der Waals surface area contributed by atoms with Crippen molar-refractivity contribution in [1.29, 1.82) is 0 Å². The topological polar surface area (TPSA) is 68.8 Å². The molecule has 0 unspecified atom stereocenters. The summed E-state index contributed by atoms with van der Waals surface area (Å²) in [4.78, 5) is 4.29. The SMILES string of the molecule is CC(C)c1noc(NCc2ccn(C3CCCC3)n2)n1. The van der Waals surface area contributed by atoms with Gasteiger partial charge in [0.15, 0.2) is 5.82 Å². The summed E-state index contributed by atoms with van der Waals surface area (Å²) in [6.45, 7) is 4.69. The van der Waals surface area contributed by atoms with E-state index in [-0.39, 0.29) is 5.92 Å². The Morgan fingerprint density at radius 3 is 2.90 bits per heavy atom. The number of aromatic nitrogens is 4. The molecule has 1 N–H and O–H groups in total. The van der Waals surface area contributed by atoms with Crippen molar-refractivity contribution >= 4 is 6.01 Å². The highest BCUT2D eigenvalue weighted by molar-refractivity contribution is 5.21. The van der Waals surface area contributed by atoms with E-state index in [0.717, 1.165) is 11.5 Å². The molecule has 1 aliphatic rings. The lowest BCUT2D eigenvalue weighted by atomic mass is 10.2. The van der Waals surface area contributed by atoms with E-state index in [4.69, 9.17) is 4.52 Å². The van der Waals surface area contributed by atoms with Gasteiger partial charge in [-0.1, -0.05) is 31.8 Å². The van der Waals surface area contributed by atoms with Crippen molar-refractivity contribution in [3.05, 3.63) is 23.8 Å². The van der Waals surface area contributed by atoms with E-state index in [2.05, 4.69) is 31.4 Å². The van der Waals surface area contributed by atoms with Gasteiger partial charge in [-0.25, -0.2) is 0 Å². The molecule has 2 aromatic heterocycles. The van der Waals surface area contributed by atoms with Crippen molar-refractivity contribution in [3.8, 4) is 0 Å². The molecule has 2 heterocycles. The predicted octanol–water partition coefficient (Wildman–Crippen LogP) is 3.12. The second-order valence-electron chi connectivity index (χ2n) is 5.69. The van der Waals surface area contributed by atoms with Crippen LogP contribution in [0.15, 0.2) is 16.8 Å². The van der Waals surface area contributed by atoms with E-state index in [1.807, 2.05) is 19.9 Å². The lowest BCUT2D eigenvalue weighted by Gasteiger charge is -2.08. The average molecular weight is 275 g/mol. The first-order chi connectivity index (χ1) is 9.72. The molecule has 1 fully saturated rings. The Balaban J connectivity index is 1.57. The minimum Gasteiger partial charge on any atom is -0.332 e. The van der Waals surface area contributed by atoms with Crippen LogP contribution >= 0.6 is 0 Å². The van der Waals surface area contributed by atoms with E-state index in [1.54, 1.807) is 0 Å². The van der Waals surface area contributed by atoms with Gasteiger partial charge < -0.3 is 9.84 Å². The van der Waals surface area contributed by atoms with Gasteiger partial charge in [0.25, 0.3) is 0 Å². The fourth-order valence-corrected chi connectivity index (χ4v) is 2.55. The third-order valence-corrected chi connectivity index (χ3v) is 3.74. The number of hydrogen-bond acceptors (Lipinski definition) is 5. The largest absolute Gasteiger partial charge is 0.332 e. The van der Waals surface area contributed by atoms with Crippen LogP contribution in [-0.4, -0.2) is 19.9 Å². The van der Waals surface area contributed by atoms with Crippen LogP contribution < -0.4 is 5.32 Å². The zero-order valence-corrected chi connectivity index (χ0v) is 12.0. The molecular weight excluding hydrogens is 254 g/mol. The minimum atomic E-state index is 0.274. The number of hydrogen-bond donors (Lipinski definition) is 1. The molecule has 6 heteroatoms. The van der Waals surface area contributed by atoms with Gasteiger partial charge in [0.1, 0.15) is 0 Å². The van der Waals surface area contributed by atoms with Crippen molar-refractivity contribution in [3.63, 3.8) is 0 Å². The van der Waals surface area contributed by atoms with Gasteiger partial charge in [-0.15, -0.1) is 0 Å². The summed E-state index contributed by atoms with van der Waals surface area (Å²) in [7, 11) is 0. The molecule has 0 atom stereocenters. The quantitative estimate of drug-likeness (QED) is 0.908. The molecular formula is C14H21N5O. The predicted molar refractivity (Wildman–Crippen MR) is 75.4 cm³/mol. The van der Waals surface area contributed by atoms with Crippen LogP contribution in [0, 0.1) is 0 Å². The maximum atomic E-state index is 5.15. The summed E-state index contributed by atoms with van der Waals surface area (Å²) >= 11 is 0. The smallest absolute Gasteiger partial charge is 0.321 e. The van der Waals surface area contributed by atoms with Gasteiger partial charge in [-0.3, -0.25) is 4.68 Å². The van der Waals surface area contributed by atoms with Gasteiger partial charge in [0, 0.05) is 12.1 Å². The highest BCUT2D eigenvalue weighted by Gasteiger charge is 2.17. The number of nitrogens with zero attached hydrogens (tertiary/aromatic N) is 4. The van der Waals surface area contributed by atoms with Gasteiger partial charge in [0.05, 0.1) is 18.3 Å². The molecule has 0 amide bonds. The van der Waals surface area contributed by atoms with Gasteiger partial charge in [-0.05, 0) is 18.9 Å². The normalized spacial score (nSPS) is 16.1. The summed E-state index contributed by atoms with van der Waals surface area (Å²) in [6, 6.07) is 3.09. The maximum Gasteiger partial charge on any atom is 0.321 e. The van der Waals surface area contributed by atoms with Crippen LogP contribution in [0.2, 0.25) is 0 Å². The van der Waals surface area contributed by atoms with E-state index >= 15 is 0 Å². The molecule has 0 spiro atoms. The summed E-state index contributed by atoms with van der Waals surface area (Å²) in [5, 5.41) is 11.7. The fourth-order valence-electron chi connectivity index (χ4n) is 2.55. The summed E-state index contributed by atoms with van der Waals surface area (Å²) in [5.74, 6) is 1.000. The number of anilines is 1. The van der Waals surface area contributed by atoms with Crippen molar-refractivity contribution < 1.29 is 4.52 Å². The lowest BCUT2D eigenvalue weighted by molar-refractivity contribution is 0.418. The number of rotatable bonds is 5. The van der Waals surface area contributed by atoms with Crippen molar-refractivity contribution in [2.45, 2.75) is 58.0 Å². The van der Waals surface area contributed by atoms with Crippen molar-refractivity contribution in [2.75, 3.05) is 5.32 Å². The molecule has 2 aromatic rings. The van der Waals surface area contributed by atoms with Crippen LogP contribution in [0.4, 0.5) is 6.01 Å². The highest BCUT2D eigenvalue weighted by atomic mass is 16.5. The first kappa shape index (κ1) is 13.1. The molecule has 108 valence electrons. The van der Waals surface area contributed by atoms with Crippen LogP contribution in [0.3, 0.4) is 0 Å². The zero-order chi connectivity index (χ0) is 13.9. The van der Waals surface area contributed by atoms with Gasteiger partial charge in [-0.2, -0.15) is 10.1 Å². The van der Waals surface area contributed by atoms with Crippen LogP contribution in [-0.2, 0) is 6.54 Å². The average Bonchev–Trinajstić information content (AvgIpc) is 3.17. The molecule has 0 aromatic carbocycles. The Morgan fingerprint density at radius 1 is 1.40 bits per heavy atom. The molecule has 6 nitrogen and oxygen atoms in total. The summed E-state index contributed by atoms with van der Waals surface area (Å²) in [6.07, 6.45) is 7.20. The Bertz CT molecular complexity index is 553. The zero-order valence-electron chi connectivity index (χ0n) is 12.0. The number of nitrogens with one attached hydrogen (secondary N) is 1. The molecule has 0 aliphatic heterocycles. The first-order valence-corrected chi connectivity index (χ1v) is 7.34. The highest BCUT2D eigenvalue weighted by Crippen LogP contribution is 2.28. The Kier molecular flexibility index (Phi) is 3.71. The molecule has 0 radical (unpaired) electrons. The van der Waals surface area contributed by atoms with Crippen LogP contribution in [0.25, 0.3) is 0 Å². The molecule has 0 bridgehead atoms. The van der Waals surface area contributed by atoms with Crippen molar-refractivity contribution in [2.24, 2.45) is 0 Å². The molecule has 20 heavy (non-hydrogen) atoms. The molecule has 1 aliphatic carbocycles.